The van der Waals surface area contributed by atoms with Crippen LogP contribution in [0.1, 0.15) is 58.3 Å². The first-order valence-electron chi connectivity index (χ1n) is 8.70. The lowest BCUT2D eigenvalue weighted by Crippen LogP contribution is -2.44. The normalized spacial score (nSPS) is 33.9. The van der Waals surface area contributed by atoms with Gasteiger partial charge in [-0.3, -0.25) is 9.69 Å². The smallest absolute Gasteiger partial charge is 0.234 e. The fraction of sp³-hybridized carbons (Fsp3) is 0.941. The van der Waals surface area contributed by atoms with Crippen molar-refractivity contribution in [2.75, 3.05) is 20.1 Å². The van der Waals surface area contributed by atoms with E-state index < -0.39 is 0 Å². The summed E-state index contributed by atoms with van der Waals surface area (Å²) in [6, 6.07) is 0.377. The fourth-order valence-corrected chi connectivity index (χ4v) is 3.79. The van der Waals surface area contributed by atoms with Crippen molar-refractivity contribution in [2.24, 2.45) is 11.8 Å². The number of nitrogens with one attached hydrogen (secondary N) is 1. The number of nitrogens with zero attached hydrogens (tertiary/aromatic N) is 1. The standard InChI is InChI=1S/C17H32N2O2/c1-13-7-9-15(10-8-13)18-17(21)12-19(2)11-14-5-3-4-6-16(14)20/h13-16,20H,3-12H2,1-2H3,(H,18,21). The Kier molecular flexibility index (Phi) is 6.49. The number of aliphatic hydroxyl groups excluding tert-OH is 1. The van der Waals surface area contributed by atoms with Gasteiger partial charge in [-0.25, -0.2) is 0 Å². The second-order valence-electron chi connectivity index (χ2n) is 7.33. The Morgan fingerprint density at radius 3 is 2.48 bits per heavy atom. The summed E-state index contributed by atoms with van der Waals surface area (Å²) in [7, 11) is 1.99. The van der Waals surface area contributed by atoms with Crippen LogP contribution >= 0.6 is 0 Å². The SMILES string of the molecule is CC1CCC(NC(=O)CN(C)CC2CCCCC2O)CC1. The highest BCUT2D eigenvalue weighted by molar-refractivity contribution is 5.78. The maximum atomic E-state index is 12.1. The second-order valence-corrected chi connectivity index (χ2v) is 7.33. The van der Waals surface area contributed by atoms with Crippen molar-refractivity contribution in [3.05, 3.63) is 0 Å². The summed E-state index contributed by atoms with van der Waals surface area (Å²) in [5.41, 5.74) is 0. The highest BCUT2D eigenvalue weighted by Gasteiger charge is 2.25. The maximum absolute atomic E-state index is 12.1. The van der Waals surface area contributed by atoms with E-state index in [2.05, 4.69) is 17.1 Å². The summed E-state index contributed by atoms with van der Waals surface area (Å²) < 4.78 is 0. The number of aliphatic hydroxyl groups is 1. The van der Waals surface area contributed by atoms with Crippen LogP contribution in [0.4, 0.5) is 0 Å². The molecule has 0 radical (unpaired) electrons. The molecule has 1 amide bonds. The molecule has 2 rings (SSSR count). The Bertz CT molecular complexity index is 327. The van der Waals surface area contributed by atoms with Crippen LogP contribution in [0.5, 0.6) is 0 Å². The van der Waals surface area contributed by atoms with Crippen molar-refractivity contribution in [3.63, 3.8) is 0 Å². The quantitative estimate of drug-likeness (QED) is 0.817. The fourth-order valence-electron chi connectivity index (χ4n) is 3.79. The zero-order valence-corrected chi connectivity index (χ0v) is 13.7. The van der Waals surface area contributed by atoms with Gasteiger partial charge in [0.2, 0.25) is 5.91 Å². The van der Waals surface area contributed by atoms with Crippen LogP contribution in [0.15, 0.2) is 0 Å². The van der Waals surface area contributed by atoms with Gasteiger partial charge in [0.05, 0.1) is 12.6 Å². The van der Waals surface area contributed by atoms with Crippen molar-refractivity contribution in [2.45, 2.75) is 70.4 Å². The molecule has 21 heavy (non-hydrogen) atoms. The molecule has 0 aliphatic heterocycles. The molecule has 2 aliphatic carbocycles. The summed E-state index contributed by atoms with van der Waals surface area (Å²) >= 11 is 0. The lowest BCUT2D eigenvalue weighted by molar-refractivity contribution is -0.123. The van der Waals surface area contributed by atoms with Crippen LogP contribution in [0, 0.1) is 11.8 Å². The predicted octanol–water partition coefficient (Wildman–Crippen LogP) is 2.16. The molecule has 4 nitrogen and oxygen atoms in total. The first-order valence-corrected chi connectivity index (χ1v) is 8.70. The molecule has 0 aromatic rings. The van der Waals surface area contributed by atoms with Gasteiger partial charge >= 0.3 is 0 Å². The number of amides is 1. The van der Waals surface area contributed by atoms with Gasteiger partial charge in [-0.15, -0.1) is 0 Å². The van der Waals surface area contributed by atoms with E-state index in [0.29, 0.717) is 18.5 Å². The first-order chi connectivity index (χ1) is 10.0. The van der Waals surface area contributed by atoms with Crippen LogP contribution in [0.25, 0.3) is 0 Å². The number of rotatable bonds is 5. The number of hydrogen-bond donors (Lipinski definition) is 2. The Morgan fingerprint density at radius 1 is 1.14 bits per heavy atom. The van der Waals surface area contributed by atoms with Gasteiger partial charge in [0, 0.05) is 12.6 Å². The van der Waals surface area contributed by atoms with Crippen molar-refractivity contribution in [1.82, 2.24) is 10.2 Å². The topological polar surface area (TPSA) is 52.6 Å². The maximum Gasteiger partial charge on any atom is 0.234 e. The third-order valence-electron chi connectivity index (χ3n) is 5.21. The van der Waals surface area contributed by atoms with Gasteiger partial charge in [-0.05, 0) is 57.4 Å². The molecule has 122 valence electrons. The van der Waals surface area contributed by atoms with Crippen molar-refractivity contribution < 1.29 is 9.90 Å². The molecular weight excluding hydrogens is 264 g/mol. The number of hydrogen-bond acceptors (Lipinski definition) is 3. The lowest BCUT2D eigenvalue weighted by Gasteiger charge is -2.31. The molecule has 2 atom stereocenters. The van der Waals surface area contributed by atoms with E-state index in [4.69, 9.17) is 0 Å². The van der Waals surface area contributed by atoms with E-state index in [0.717, 1.165) is 44.6 Å². The van der Waals surface area contributed by atoms with Gasteiger partial charge in [0.1, 0.15) is 0 Å². The average Bonchev–Trinajstić information content (AvgIpc) is 2.44. The molecule has 4 heteroatoms. The third-order valence-corrected chi connectivity index (χ3v) is 5.21. The van der Waals surface area contributed by atoms with E-state index in [1.807, 2.05) is 7.05 Å². The zero-order chi connectivity index (χ0) is 15.2. The molecule has 2 unspecified atom stereocenters. The number of carbonyl (C=O) groups excluding carboxylic acids is 1. The van der Waals surface area contributed by atoms with Crippen molar-refractivity contribution in [3.8, 4) is 0 Å². The van der Waals surface area contributed by atoms with Crippen molar-refractivity contribution in [1.29, 1.82) is 0 Å². The molecule has 2 aliphatic rings. The van der Waals surface area contributed by atoms with E-state index in [1.165, 1.54) is 19.3 Å². The van der Waals surface area contributed by atoms with Crippen LogP contribution in [-0.4, -0.2) is 48.2 Å². The third kappa shape index (κ3) is 5.59. The molecule has 0 heterocycles. The molecule has 0 bridgehead atoms. The van der Waals surface area contributed by atoms with Gasteiger partial charge in [-0.1, -0.05) is 19.8 Å². The lowest BCUT2D eigenvalue weighted by atomic mass is 9.86. The Hall–Kier alpha value is -0.610. The molecular formula is C17H32N2O2. The van der Waals surface area contributed by atoms with Crippen LogP contribution < -0.4 is 5.32 Å². The number of carbonyl (C=O) groups is 1. The van der Waals surface area contributed by atoms with Gasteiger partial charge in [0.15, 0.2) is 0 Å². The highest BCUT2D eigenvalue weighted by atomic mass is 16.3. The molecule has 0 aromatic heterocycles. The van der Waals surface area contributed by atoms with Crippen LogP contribution in [0.3, 0.4) is 0 Å². The largest absolute Gasteiger partial charge is 0.393 e. The average molecular weight is 296 g/mol. The zero-order valence-electron chi connectivity index (χ0n) is 13.7. The van der Waals surface area contributed by atoms with Crippen LogP contribution in [-0.2, 0) is 4.79 Å². The molecule has 2 saturated carbocycles. The molecule has 0 aromatic carbocycles. The summed E-state index contributed by atoms with van der Waals surface area (Å²) in [5.74, 6) is 1.29. The highest BCUT2D eigenvalue weighted by Crippen LogP contribution is 2.25. The van der Waals surface area contributed by atoms with E-state index in [1.54, 1.807) is 0 Å². The molecule has 2 N–H and O–H groups in total. The summed E-state index contributed by atoms with van der Waals surface area (Å²) in [4.78, 5) is 14.2. The van der Waals surface area contributed by atoms with Crippen LogP contribution in [0.2, 0.25) is 0 Å². The van der Waals surface area contributed by atoms with Gasteiger partial charge in [0.25, 0.3) is 0 Å². The summed E-state index contributed by atoms with van der Waals surface area (Å²) in [6.07, 6.45) is 8.90. The van der Waals surface area contributed by atoms with Gasteiger partial charge in [-0.2, -0.15) is 0 Å². The van der Waals surface area contributed by atoms with E-state index in [-0.39, 0.29) is 12.0 Å². The first kappa shape index (κ1) is 16.8. The molecule has 2 fully saturated rings. The summed E-state index contributed by atoms with van der Waals surface area (Å²) in [5, 5.41) is 13.2. The monoisotopic (exact) mass is 296 g/mol. The molecule has 0 saturated heterocycles. The predicted molar refractivity (Wildman–Crippen MR) is 85.0 cm³/mol. The Balaban J connectivity index is 1.67. The minimum Gasteiger partial charge on any atom is -0.393 e. The van der Waals surface area contributed by atoms with Gasteiger partial charge < -0.3 is 10.4 Å². The molecule has 0 spiro atoms. The van der Waals surface area contributed by atoms with E-state index >= 15 is 0 Å². The second kappa shape index (κ2) is 8.14. The minimum atomic E-state index is -0.177. The van der Waals surface area contributed by atoms with Crippen molar-refractivity contribution >= 4 is 5.91 Å². The Labute approximate surface area is 129 Å². The Morgan fingerprint density at radius 2 is 1.81 bits per heavy atom. The minimum absolute atomic E-state index is 0.141. The summed E-state index contributed by atoms with van der Waals surface area (Å²) in [6.45, 7) is 3.58. The number of likely N-dealkylation sites (N-methyl/N-ethyl adjacent to an activating group) is 1. The van der Waals surface area contributed by atoms with E-state index in [9.17, 15) is 9.90 Å².